The van der Waals surface area contributed by atoms with Crippen LogP contribution in [0.15, 0.2) is 63.8 Å². The van der Waals surface area contributed by atoms with E-state index in [1.807, 2.05) is 36.4 Å². The molecule has 1 saturated carbocycles. The number of fused-ring (bicyclic) bond motifs is 1. The summed E-state index contributed by atoms with van der Waals surface area (Å²) in [7, 11) is 0. The smallest absolute Gasteiger partial charge is 0.336 e. The Hall–Kier alpha value is -3.61. The van der Waals surface area contributed by atoms with Crippen LogP contribution in [0.4, 0.5) is 0 Å². The molecule has 1 fully saturated rings. The summed E-state index contributed by atoms with van der Waals surface area (Å²) in [6.45, 7) is 2.14. The average Bonchev–Trinajstić information content (AvgIpc) is 2.82. The number of carboxylic acid groups (broad SMARTS) is 1. The molecule has 0 aliphatic heterocycles. The fourth-order valence-corrected chi connectivity index (χ4v) is 4.32. The van der Waals surface area contributed by atoms with Crippen molar-refractivity contribution < 1.29 is 23.8 Å². The topological polar surface area (TPSA) is 109 Å². The van der Waals surface area contributed by atoms with E-state index in [9.17, 15) is 19.5 Å². The zero-order valence-electron chi connectivity index (χ0n) is 18.4. The quantitative estimate of drug-likeness (QED) is 0.557. The number of nitrogens with one attached hydrogen (secondary N) is 1. The van der Waals surface area contributed by atoms with Gasteiger partial charge in [-0.25, -0.2) is 4.79 Å². The summed E-state index contributed by atoms with van der Waals surface area (Å²) >= 11 is 0. The monoisotopic (exact) mass is 448 g/mol. The molecule has 33 heavy (non-hydrogen) atoms. The first-order chi connectivity index (χ1) is 15.9. The van der Waals surface area contributed by atoms with Gasteiger partial charge in [0.2, 0.25) is 0 Å². The number of carbonyl (C=O) groups is 2. The van der Waals surface area contributed by atoms with E-state index in [2.05, 4.69) is 5.32 Å². The minimum Gasteiger partial charge on any atom is -0.550 e. The Balaban J connectivity index is 1.40. The summed E-state index contributed by atoms with van der Waals surface area (Å²) in [5.41, 5.74) is 1.60. The minimum atomic E-state index is -0.985. The molecule has 7 heteroatoms. The Morgan fingerprint density at radius 1 is 1.09 bits per heavy atom. The molecule has 4 rings (SSSR count). The maximum absolute atomic E-state index is 12.5. The second-order valence-electron chi connectivity index (χ2n) is 8.55. The summed E-state index contributed by atoms with van der Waals surface area (Å²) in [5.74, 6) is -0.941. The number of amides is 1. The summed E-state index contributed by atoms with van der Waals surface area (Å²) in [6.07, 6.45) is 1.93. The Bertz CT molecular complexity index is 1190. The Labute approximate surface area is 191 Å². The molecule has 0 radical (unpaired) electrons. The average molecular weight is 448 g/mol. The van der Waals surface area contributed by atoms with Crippen LogP contribution in [-0.4, -0.2) is 24.5 Å². The van der Waals surface area contributed by atoms with Crippen LogP contribution in [0, 0.1) is 11.8 Å². The second-order valence-corrected chi connectivity index (χ2v) is 8.55. The van der Waals surface area contributed by atoms with Crippen LogP contribution in [0.25, 0.3) is 22.1 Å². The van der Waals surface area contributed by atoms with Crippen molar-refractivity contribution in [3.05, 3.63) is 65.0 Å². The molecular formula is C26H26NO6-. The highest BCUT2D eigenvalue weighted by Gasteiger charge is 2.23. The Morgan fingerprint density at radius 2 is 1.82 bits per heavy atom. The molecule has 3 aromatic rings. The molecule has 0 bridgehead atoms. The molecule has 2 aromatic carbocycles. The van der Waals surface area contributed by atoms with E-state index in [0.717, 1.165) is 29.4 Å². The van der Waals surface area contributed by atoms with Crippen LogP contribution in [0.5, 0.6) is 5.75 Å². The van der Waals surface area contributed by atoms with Gasteiger partial charge < -0.3 is 24.4 Å². The molecule has 172 valence electrons. The number of aliphatic carboxylic acids is 1. The molecule has 0 saturated heterocycles. The number of benzene rings is 2. The summed E-state index contributed by atoms with van der Waals surface area (Å²) in [5, 5.41) is 14.6. The Kier molecular flexibility index (Phi) is 6.77. The highest BCUT2D eigenvalue weighted by Crippen LogP contribution is 2.30. The lowest BCUT2D eigenvalue weighted by atomic mass is 9.82. The van der Waals surface area contributed by atoms with Gasteiger partial charge in [0.05, 0.1) is 0 Å². The number of carboxylic acids is 1. The van der Waals surface area contributed by atoms with Gasteiger partial charge in [-0.2, -0.15) is 0 Å². The maximum Gasteiger partial charge on any atom is 0.336 e. The number of rotatable bonds is 7. The molecule has 1 aliphatic rings. The van der Waals surface area contributed by atoms with Gasteiger partial charge in [0, 0.05) is 30.0 Å². The van der Waals surface area contributed by atoms with Crippen molar-refractivity contribution in [1.82, 2.24) is 5.32 Å². The van der Waals surface area contributed by atoms with Crippen molar-refractivity contribution in [3.63, 3.8) is 0 Å². The third-order valence-electron chi connectivity index (χ3n) is 6.23. The van der Waals surface area contributed by atoms with E-state index < -0.39 is 17.7 Å². The first-order valence-electron chi connectivity index (χ1n) is 11.2. The molecule has 1 amide bonds. The van der Waals surface area contributed by atoms with E-state index in [1.54, 1.807) is 19.1 Å². The molecule has 1 aromatic heterocycles. The van der Waals surface area contributed by atoms with E-state index >= 15 is 0 Å². The number of ether oxygens (including phenoxy) is 1. The fraction of sp³-hybridized carbons (Fsp3) is 0.346. The molecule has 0 spiro atoms. The van der Waals surface area contributed by atoms with Crippen molar-refractivity contribution in [2.75, 3.05) is 6.54 Å². The lowest BCUT2D eigenvalue weighted by Gasteiger charge is -2.29. The van der Waals surface area contributed by atoms with Gasteiger partial charge in [0.15, 0.2) is 6.10 Å². The van der Waals surface area contributed by atoms with Gasteiger partial charge >= 0.3 is 5.63 Å². The first kappa shape index (κ1) is 22.6. The van der Waals surface area contributed by atoms with Gasteiger partial charge in [-0.15, -0.1) is 0 Å². The zero-order chi connectivity index (χ0) is 23.4. The molecular weight excluding hydrogens is 422 g/mol. The third kappa shape index (κ3) is 5.42. The van der Waals surface area contributed by atoms with Crippen molar-refractivity contribution >= 4 is 22.8 Å². The molecule has 1 N–H and O–H groups in total. The van der Waals surface area contributed by atoms with E-state index in [0.29, 0.717) is 30.7 Å². The van der Waals surface area contributed by atoms with Crippen molar-refractivity contribution in [2.24, 2.45) is 11.8 Å². The predicted molar refractivity (Wildman–Crippen MR) is 121 cm³/mol. The Morgan fingerprint density at radius 3 is 2.52 bits per heavy atom. The number of carbonyl (C=O) groups excluding carboxylic acids is 2. The van der Waals surface area contributed by atoms with E-state index in [4.69, 9.17) is 9.15 Å². The number of hydrogen-bond donors (Lipinski definition) is 1. The summed E-state index contributed by atoms with van der Waals surface area (Å²) in [4.78, 5) is 35.6. The van der Waals surface area contributed by atoms with Crippen LogP contribution in [0.3, 0.4) is 0 Å². The van der Waals surface area contributed by atoms with Crippen LogP contribution in [0.1, 0.15) is 32.6 Å². The normalized spacial score (nSPS) is 19.1. The second kappa shape index (κ2) is 9.90. The third-order valence-corrected chi connectivity index (χ3v) is 6.23. The van der Waals surface area contributed by atoms with Gasteiger partial charge in [0.1, 0.15) is 11.3 Å². The molecule has 7 nitrogen and oxygen atoms in total. The molecule has 1 aliphatic carbocycles. The highest BCUT2D eigenvalue weighted by molar-refractivity contribution is 5.93. The lowest BCUT2D eigenvalue weighted by Crippen LogP contribution is -2.40. The van der Waals surface area contributed by atoms with Crippen molar-refractivity contribution in [3.8, 4) is 16.9 Å². The van der Waals surface area contributed by atoms with Crippen LogP contribution >= 0.6 is 0 Å². The van der Waals surface area contributed by atoms with Crippen LogP contribution in [-0.2, 0) is 9.59 Å². The van der Waals surface area contributed by atoms with Gasteiger partial charge in [-0.3, -0.25) is 4.79 Å². The zero-order valence-corrected chi connectivity index (χ0v) is 18.4. The van der Waals surface area contributed by atoms with E-state index in [1.165, 1.54) is 6.07 Å². The molecule has 0 unspecified atom stereocenters. The fourth-order valence-electron chi connectivity index (χ4n) is 4.32. The van der Waals surface area contributed by atoms with E-state index in [-0.39, 0.29) is 17.7 Å². The van der Waals surface area contributed by atoms with Crippen molar-refractivity contribution in [2.45, 2.75) is 38.7 Å². The van der Waals surface area contributed by atoms with Gasteiger partial charge in [0.25, 0.3) is 5.91 Å². The minimum absolute atomic E-state index is 0.253. The predicted octanol–water partition coefficient (Wildman–Crippen LogP) is 2.90. The summed E-state index contributed by atoms with van der Waals surface area (Å²) < 4.78 is 11.2. The number of hydrogen-bond acceptors (Lipinski definition) is 6. The highest BCUT2D eigenvalue weighted by atomic mass is 16.5. The molecule has 1 heterocycles. The van der Waals surface area contributed by atoms with Gasteiger partial charge in [-0.1, -0.05) is 30.3 Å². The van der Waals surface area contributed by atoms with Gasteiger partial charge in [-0.05, 0) is 67.7 Å². The van der Waals surface area contributed by atoms with Crippen LogP contribution < -0.4 is 20.8 Å². The SMILES string of the molecule is C[C@@H](Oc1ccc2c(-c3ccccc3)cc(=O)oc2c1)C(=O)NCC1CCC(C(=O)[O-])CC1. The van der Waals surface area contributed by atoms with Crippen LogP contribution in [0.2, 0.25) is 0 Å². The maximum atomic E-state index is 12.5. The lowest BCUT2D eigenvalue weighted by molar-refractivity contribution is -0.312. The summed E-state index contributed by atoms with van der Waals surface area (Å²) in [6, 6.07) is 16.2. The largest absolute Gasteiger partial charge is 0.550 e. The first-order valence-corrected chi connectivity index (χ1v) is 11.2. The standard InChI is InChI=1S/C26H27NO6/c1-16(25(29)27-15-17-7-9-19(10-8-17)26(30)31)32-20-11-12-21-22(18-5-3-2-4-6-18)14-24(28)33-23(21)13-20/h2-6,11-14,16-17,19H,7-10,15H2,1H3,(H,27,29)(H,30,31)/p-1/t16-,17?,19?/m1/s1. The van der Waals surface area contributed by atoms with Crippen molar-refractivity contribution in [1.29, 1.82) is 0 Å². The molecule has 1 atom stereocenters.